The molecule has 0 fully saturated rings. The number of carbonyl (C=O) groups is 2. The van der Waals surface area contributed by atoms with Crippen molar-refractivity contribution < 1.29 is 14.3 Å². The number of nitrogens with zero attached hydrogens (tertiary/aromatic N) is 2. The fourth-order valence-electron chi connectivity index (χ4n) is 2.96. The third-order valence-electron chi connectivity index (χ3n) is 4.65. The second-order valence-electron chi connectivity index (χ2n) is 7.15. The molecule has 0 aliphatic rings. The molecule has 0 radical (unpaired) electrons. The Labute approximate surface area is 196 Å². The van der Waals surface area contributed by atoms with E-state index in [2.05, 4.69) is 10.4 Å². The van der Waals surface area contributed by atoms with Gasteiger partial charge in [-0.05, 0) is 49.9 Å². The number of esters is 1. The van der Waals surface area contributed by atoms with Gasteiger partial charge in [0.2, 0.25) is 0 Å². The van der Waals surface area contributed by atoms with Crippen LogP contribution in [0, 0.1) is 13.8 Å². The standard InChI is InChI=1S/C24H24ClN3O3S/c1-16-7-9-18(10-8-16)14-28-24(25)21(17(2)27-28)11-12-23(30)31-15-22(29)26-19-5-4-6-20(13-19)32-3/h4-13H,14-15H2,1-3H3,(H,26,29)/b12-11+. The summed E-state index contributed by atoms with van der Waals surface area (Å²) < 4.78 is 6.72. The minimum Gasteiger partial charge on any atom is -0.452 e. The molecule has 6 nitrogen and oxygen atoms in total. The van der Waals surface area contributed by atoms with Crippen molar-refractivity contribution in [3.05, 3.63) is 82.1 Å². The second-order valence-corrected chi connectivity index (χ2v) is 8.39. The van der Waals surface area contributed by atoms with Crippen LogP contribution in [0.5, 0.6) is 0 Å². The van der Waals surface area contributed by atoms with Gasteiger partial charge in [-0.3, -0.25) is 4.79 Å². The Bertz CT molecular complexity index is 1140. The molecule has 8 heteroatoms. The van der Waals surface area contributed by atoms with Gasteiger partial charge < -0.3 is 10.1 Å². The summed E-state index contributed by atoms with van der Waals surface area (Å²) in [6, 6.07) is 15.5. The predicted octanol–water partition coefficient (Wildman–Crippen LogP) is 5.12. The van der Waals surface area contributed by atoms with Crippen molar-refractivity contribution in [2.45, 2.75) is 25.3 Å². The minimum absolute atomic E-state index is 0.383. The van der Waals surface area contributed by atoms with E-state index in [0.29, 0.717) is 28.6 Å². The Morgan fingerprint density at radius 3 is 2.66 bits per heavy atom. The van der Waals surface area contributed by atoms with Crippen LogP contribution in [-0.4, -0.2) is 34.5 Å². The zero-order valence-corrected chi connectivity index (χ0v) is 19.7. The maximum Gasteiger partial charge on any atom is 0.331 e. The Morgan fingerprint density at radius 1 is 1.19 bits per heavy atom. The van der Waals surface area contributed by atoms with E-state index in [1.165, 1.54) is 11.6 Å². The van der Waals surface area contributed by atoms with Crippen LogP contribution in [0.3, 0.4) is 0 Å². The topological polar surface area (TPSA) is 73.2 Å². The summed E-state index contributed by atoms with van der Waals surface area (Å²) in [4.78, 5) is 25.1. The zero-order chi connectivity index (χ0) is 23.1. The molecule has 0 aliphatic carbocycles. The van der Waals surface area contributed by atoms with E-state index < -0.39 is 11.9 Å². The maximum atomic E-state index is 12.1. The molecule has 3 aromatic rings. The van der Waals surface area contributed by atoms with Crippen LogP contribution >= 0.6 is 23.4 Å². The molecule has 1 amide bonds. The van der Waals surface area contributed by atoms with Gasteiger partial charge in [0.05, 0.1) is 12.2 Å². The number of hydrogen-bond acceptors (Lipinski definition) is 5. The summed E-state index contributed by atoms with van der Waals surface area (Å²) in [5, 5.41) is 7.59. The average Bonchev–Trinajstić information content (AvgIpc) is 3.04. The summed E-state index contributed by atoms with van der Waals surface area (Å²) in [5.74, 6) is -1.05. The fraction of sp³-hybridized carbons (Fsp3) is 0.208. The highest BCUT2D eigenvalue weighted by molar-refractivity contribution is 7.98. The Hall–Kier alpha value is -3.03. The van der Waals surface area contributed by atoms with Crippen LogP contribution in [0.2, 0.25) is 5.15 Å². The summed E-state index contributed by atoms with van der Waals surface area (Å²) >= 11 is 8.04. The molecule has 0 saturated heterocycles. The Morgan fingerprint density at radius 2 is 1.94 bits per heavy atom. The van der Waals surface area contributed by atoms with E-state index >= 15 is 0 Å². The summed E-state index contributed by atoms with van der Waals surface area (Å²) in [6.07, 6.45) is 4.75. The smallest absolute Gasteiger partial charge is 0.331 e. The molecular weight excluding hydrogens is 446 g/mol. The lowest BCUT2D eigenvalue weighted by Gasteiger charge is -2.06. The van der Waals surface area contributed by atoms with E-state index in [-0.39, 0.29) is 6.61 Å². The molecule has 1 heterocycles. The molecule has 0 unspecified atom stereocenters. The van der Waals surface area contributed by atoms with Crippen LogP contribution in [-0.2, 0) is 20.9 Å². The number of thioether (sulfide) groups is 1. The fourth-order valence-corrected chi connectivity index (χ4v) is 3.72. The Kier molecular flexibility index (Phi) is 8.14. The van der Waals surface area contributed by atoms with Crippen LogP contribution in [0.1, 0.15) is 22.4 Å². The van der Waals surface area contributed by atoms with Gasteiger partial charge in [-0.15, -0.1) is 11.8 Å². The van der Waals surface area contributed by atoms with Gasteiger partial charge in [-0.1, -0.05) is 47.5 Å². The van der Waals surface area contributed by atoms with Gasteiger partial charge in [-0.2, -0.15) is 5.10 Å². The molecule has 0 spiro atoms. The lowest BCUT2D eigenvalue weighted by molar-refractivity contribution is -0.142. The van der Waals surface area contributed by atoms with E-state index in [0.717, 1.165) is 10.5 Å². The molecule has 0 bridgehead atoms. The third-order valence-corrected chi connectivity index (χ3v) is 5.77. The van der Waals surface area contributed by atoms with Gasteiger partial charge in [-0.25, -0.2) is 9.48 Å². The first-order valence-corrected chi connectivity index (χ1v) is 11.5. The number of anilines is 1. The number of nitrogens with one attached hydrogen (secondary N) is 1. The van der Waals surface area contributed by atoms with E-state index in [1.807, 2.05) is 62.6 Å². The number of amides is 1. The van der Waals surface area contributed by atoms with Crippen molar-refractivity contribution >= 4 is 47.0 Å². The summed E-state index contributed by atoms with van der Waals surface area (Å²) in [5.41, 5.74) is 4.23. The predicted molar refractivity (Wildman–Crippen MR) is 129 cm³/mol. The number of ether oxygens (including phenoxy) is 1. The van der Waals surface area contributed by atoms with Gasteiger partial charge in [0.25, 0.3) is 5.91 Å². The largest absolute Gasteiger partial charge is 0.452 e. The SMILES string of the molecule is CSc1cccc(NC(=O)COC(=O)/C=C/c2c(C)nn(Cc3ccc(C)cc3)c2Cl)c1. The summed E-state index contributed by atoms with van der Waals surface area (Å²) in [7, 11) is 0. The van der Waals surface area contributed by atoms with Gasteiger partial charge in [0.15, 0.2) is 6.61 Å². The molecule has 0 aliphatic heterocycles. The van der Waals surface area contributed by atoms with Gasteiger partial charge in [0, 0.05) is 22.2 Å². The maximum absolute atomic E-state index is 12.1. The molecule has 0 saturated carbocycles. The average molecular weight is 470 g/mol. The monoisotopic (exact) mass is 469 g/mol. The summed E-state index contributed by atoms with van der Waals surface area (Å²) in [6.45, 7) is 3.99. The van der Waals surface area contributed by atoms with Gasteiger partial charge in [0.1, 0.15) is 5.15 Å². The van der Waals surface area contributed by atoms with E-state index in [4.69, 9.17) is 16.3 Å². The highest BCUT2D eigenvalue weighted by Gasteiger charge is 2.12. The molecule has 1 N–H and O–H groups in total. The van der Waals surface area contributed by atoms with Crippen molar-refractivity contribution in [2.75, 3.05) is 18.2 Å². The van der Waals surface area contributed by atoms with Gasteiger partial charge >= 0.3 is 5.97 Å². The van der Waals surface area contributed by atoms with Crippen LogP contribution in [0.25, 0.3) is 6.08 Å². The number of hydrogen-bond donors (Lipinski definition) is 1. The first kappa shape index (κ1) is 23.6. The lowest BCUT2D eigenvalue weighted by Crippen LogP contribution is -2.20. The van der Waals surface area contributed by atoms with Crippen LogP contribution in [0.15, 0.2) is 59.5 Å². The quantitative estimate of drug-likeness (QED) is 0.281. The lowest BCUT2D eigenvalue weighted by atomic mass is 10.1. The zero-order valence-electron chi connectivity index (χ0n) is 18.1. The van der Waals surface area contributed by atoms with Crippen molar-refractivity contribution in [1.82, 2.24) is 9.78 Å². The first-order valence-electron chi connectivity index (χ1n) is 9.93. The molecule has 166 valence electrons. The number of halogens is 1. The number of aryl methyl sites for hydroxylation is 2. The number of rotatable bonds is 8. The molecule has 0 atom stereocenters. The first-order chi connectivity index (χ1) is 15.4. The molecule has 1 aromatic heterocycles. The van der Waals surface area contributed by atoms with Crippen LogP contribution in [0.4, 0.5) is 5.69 Å². The van der Waals surface area contributed by atoms with Crippen molar-refractivity contribution in [3.63, 3.8) is 0 Å². The number of aromatic nitrogens is 2. The molecule has 32 heavy (non-hydrogen) atoms. The molecule has 3 rings (SSSR count). The highest BCUT2D eigenvalue weighted by Crippen LogP contribution is 2.22. The second kappa shape index (κ2) is 11.0. The highest BCUT2D eigenvalue weighted by atomic mass is 35.5. The minimum atomic E-state index is -0.639. The van der Waals surface area contributed by atoms with E-state index in [9.17, 15) is 9.59 Å². The normalized spacial score (nSPS) is 11.0. The third kappa shape index (κ3) is 6.48. The van der Waals surface area contributed by atoms with Crippen molar-refractivity contribution in [1.29, 1.82) is 0 Å². The molecule has 2 aromatic carbocycles. The van der Waals surface area contributed by atoms with Crippen molar-refractivity contribution in [3.8, 4) is 0 Å². The van der Waals surface area contributed by atoms with Crippen LogP contribution < -0.4 is 5.32 Å². The van der Waals surface area contributed by atoms with Crippen molar-refractivity contribution in [2.24, 2.45) is 0 Å². The Balaban J connectivity index is 1.56. The molecular formula is C24H24ClN3O3S. The number of carbonyl (C=O) groups excluding carboxylic acids is 2. The van der Waals surface area contributed by atoms with E-state index in [1.54, 1.807) is 28.6 Å². The number of benzene rings is 2.